The second-order valence-corrected chi connectivity index (χ2v) is 11.0. The minimum absolute atomic E-state index is 0.00897. The monoisotopic (exact) mass is 535 g/mol. The van der Waals surface area contributed by atoms with Crippen molar-refractivity contribution in [2.45, 2.75) is 39.7 Å². The molecule has 1 aliphatic rings. The average Bonchev–Trinajstić information content (AvgIpc) is 3.40. The number of nitrogens with zero attached hydrogens (tertiary/aromatic N) is 2. The van der Waals surface area contributed by atoms with Crippen molar-refractivity contribution in [3.63, 3.8) is 0 Å². The first-order chi connectivity index (χ1) is 18.4. The highest BCUT2D eigenvalue weighted by Crippen LogP contribution is 2.35. The van der Waals surface area contributed by atoms with Crippen molar-refractivity contribution in [2.24, 2.45) is 5.92 Å². The molecule has 2 aromatic carbocycles. The van der Waals surface area contributed by atoms with Gasteiger partial charge in [-0.1, -0.05) is 43.7 Å². The van der Waals surface area contributed by atoms with Gasteiger partial charge in [0, 0.05) is 23.7 Å². The maximum absolute atomic E-state index is 13.8. The van der Waals surface area contributed by atoms with Crippen molar-refractivity contribution >= 4 is 29.0 Å². The van der Waals surface area contributed by atoms with Crippen LogP contribution in [-0.4, -0.2) is 55.1 Å². The van der Waals surface area contributed by atoms with Crippen LogP contribution >= 0.6 is 11.3 Å². The Balaban J connectivity index is 1.50. The lowest BCUT2D eigenvalue weighted by atomic mass is 10.0. The van der Waals surface area contributed by atoms with E-state index in [2.05, 4.69) is 30.6 Å². The minimum atomic E-state index is -0.266. The number of carbonyl (C=O) groups excluding carboxylic acids is 2. The number of aryl methyl sites for hydroxylation is 1. The first-order valence-electron chi connectivity index (χ1n) is 13.1. The molecule has 3 aromatic rings. The summed E-state index contributed by atoms with van der Waals surface area (Å²) in [5.74, 6) is 1.61. The van der Waals surface area contributed by atoms with Crippen LogP contribution in [0.4, 0.5) is 10.5 Å². The Kier molecular flexibility index (Phi) is 9.29. The molecule has 1 aromatic heterocycles. The van der Waals surface area contributed by atoms with Crippen molar-refractivity contribution in [2.75, 3.05) is 38.7 Å². The van der Waals surface area contributed by atoms with Gasteiger partial charge in [-0.25, -0.2) is 4.79 Å². The number of fused-ring (bicyclic) bond motifs is 1. The van der Waals surface area contributed by atoms with E-state index in [4.69, 9.17) is 9.47 Å². The summed E-state index contributed by atoms with van der Waals surface area (Å²) in [6.45, 7) is 7.64. The topological polar surface area (TPSA) is 71.1 Å². The second-order valence-electron chi connectivity index (χ2n) is 10.0. The maximum Gasteiger partial charge on any atom is 0.322 e. The lowest BCUT2D eigenvalue weighted by Gasteiger charge is -2.37. The summed E-state index contributed by atoms with van der Waals surface area (Å²) in [4.78, 5) is 31.8. The number of hydrogen-bond donors (Lipinski definition) is 1. The summed E-state index contributed by atoms with van der Waals surface area (Å²) in [5.41, 5.74) is 2.95. The summed E-state index contributed by atoms with van der Waals surface area (Å²) < 4.78 is 11.6. The second kappa shape index (κ2) is 12.8. The molecule has 0 radical (unpaired) electrons. The van der Waals surface area contributed by atoms with E-state index < -0.39 is 0 Å². The lowest BCUT2D eigenvalue weighted by molar-refractivity contribution is -0.135. The number of urea groups is 1. The van der Waals surface area contributed by atoms with Crippen LogP contribution in [0.5, 0.6) is 11.5 Å². The standard InChI is InChI=1S/C30H37N3O4S/c1-21(2)13-16-32(30(35)31-23-11-9-22(3)10-12-23)19-29(34)33-17-14-28-24(15-18-38-28)25(33)20-37-27-8-6-5-7-26(27)36-4/h5-12,15,18,21,25H,13-14,16-17,19-20H2,1-4H3,(H,31,35)/t25-/m0/s1. The van der Waals surface area contributed by atoms with E-state index in [1.165, 1.54) is 4.88 Å². The number of methoxy groups -OCH3 is 1. The van der Waals surface area contributed by atoms with Crippen LogP contribution in [0.3, 0.4) is 0 Å². The predicted octanol–water partition coefficient (Wildman–Crippen LogP) is 6.15. The molecular formula is C30H37N3O4S. The van der Waals surface area contributed by atoms with Crippen LogP contribution < -0.4 is 14.8 Å². The van der Waals surface area contributed by atoms with E-state index >= 15 is 0 Å². The minimum Gasteiger partial charge on any atom is -0.493 e. The number of ether oxygens (including phenoxy) is 2. The van der Waals surface area contributed by atoms with Crippen LogP contribution in [0.1, 0.15) is 42.3 Å². The van der Waals surface area contributed by atoms with Crippen molar-refractivity contribution in [3.8, 4) is 11.5 Å². The molecule has 1 N–H and O–H groups in total. The third kappa shape index (κ3) is 6.86. The molecule has 0 spiro atoms. The van der Waals surface area contributed by atoms with Crippen LogP contribution in [0, 0.1) is 12.8 Å². The predicted molar refractivity (Wildman–Crippen MR) is 152 cm³/mol. The number of nitrogens with one attached hydrogen (secondary N) is 1. The van der Waals surface area contributed by atoms with Gasteiger partial charge in [-0.15, -0.1) is 11.3 Å². The zero-order chi connectivity index (χ0) is 27.1. The average molecular weight is 536 g/mol. The third-order valence-electron chi connectivity index (χ3n) is 6.77. The van der Waals surface area contributed by atoms with Crippen molar-refractivity contribution in [3.05, 3.63) is 76.0 Å². The van der Waals surface area contributed by atoms with Gasteiger partial charge in [0.2, 0.25) is 5.91 Å². The molecule has 202 valence electrons. The quantitative estimate of drug-likeness (QED) is 0.338. The smallest absolute Gasteiger partial charge is 0.322 e. The van der Waals surface area contributed by atoms with Gasteiger partial charge in [0.1, 0.15) is 13.2 Å². The molecule has 1 atom stereocenters. The van der Waals surface area contributed by atoms with Crippen LogP contribution in [0.15, 0.2) is 60.0 Å². The van der Waals surface area contributed by atoms with Gasteiger partial charge in [-0.05, 0) is 67.0 Å². The number of hydrogen-bond acceptors (Lipinski definition) is 5. The SMILES string of the molecule is COc1ccccc1OC[C@H]1c2ccsc2CCN1C(=O)CN(CCC(C)C)C(=O)Nc1ccc(C)cc1. The van der Waals surface area contributed by atoms with Crippen molar-refractivity contribution in [1.82, 2.24) is 9.80 Å². The molecule has 0 saturated heterocycles. The number of carbonyl (C=O) groups is 2. The molecule has 8 heteroatoms. The fraction of sp³-hybridized carbons (Fsp3) is 0.400. The number of rotatable bonds is 10. The Hall–Kier alpha value is -3.52. The van der Waals surface area contributed by atoms with Gasteiger partial charge < -0.3 is 24.6 Å². The Morgan fingerprint density at radius 3 is 2.55 bits per heavy atom. The van der Waals surface area contributed by atoms with Crippen LogP contribution in [0.25, 0.3) is 0 Å². The zero-order valence-corrected chi connectivity index (χ0v) is 23.4. The fourth-order valence-corrected chi connectivity index (χ4v) is 5.47. The number of anilines is 1. The highest BCUT2D eigenvalue weighted by Gasteiger charge is 2.33. The molecule has 7 nitrogen and oxygen atoms in total. The highest BCUT2D eigenvalue weighted by molar-refractivity contribution is 7.10. The van der Waals surface area contributed by atoms with E-state index in [1.807, 2.05) is 60.4 Å². The maximum atomic E-state index is 13.8. The van der Waals surface area contributed by atoms with E-state index in [0.717, 1.165) is 24.0 Å². The van der Waals surface area contributed by atoms with Crippen molar-refractivity contribution < 1.29 is 19.1 Å². The third-order valence-corrected chi connectivity index (χ3v) is 7.77. The Morgan fingerprint density at radius 1 is 1.11 bits per heavy atom. The molecule has 0 fully saturated rings. The van der Waals surface area contributed by atoms with Gasteiger partial charge >= 0.3 is 6.03 Å². The van der Waals surface area contributed by atoms with Crippen LogP contribution in [0.2, 0.25) is 0 Å². The fourth-order valence-electron chi connectivity index (χ4n) is 4.54. The molecule has 0 bridgehead atoms. The van der Waals surface area contributed by atoms with Gasteiger partial charge in [-0.3, -0.25) is 4.79 Å². The first kappa shape index (κ1) is 27.5. The molecule has 0 aliphatic carbocycles. The number of amides is 3. The number of benzene rings is 2. The number of para-hydroxylation sites is 2. The Bertz CT molecular complexity index is 1220. The summed E-state index contributed by atoms with van der Waals surface area (Å²) >= 11 is 1.71. The molecule has 0 saturated carbocycles. The zero-order valence-electron chi connectivity index (χ0n) is 22.6. The van der Waals surface area contributed by atoms with Crippen LogP contribution in [-0.2, 0) is 11.2 Å². The normalized spacial score (nSPS) is 14.7. The van der Waals surface area contributed by atoms with E-state index in [1.54, 1.807) is 23.3 Å². The molecular weight excluding hydrogens is 498 g/mol. The summed E-state index contributed by atoms with van der Waals surface area (Å²) in [6, 6.07) is 16.8. The van der Waals surface area contributed by atoms with E-state index in [-0.39, 0.29) is 24.5 Å². The Labute approximate surface area is 229 Å². The summed E-state index contributed by atoms with van der Waals surface area (Å²) in [6.07, 6.45) is 1.61. The summed E-state index contributed by atoms with van der Waals surface area (Å²) in [5, 5.41) is 5.03. The number of thiophene rings is 1. The molecule has 3 amide bonds. The van der Waals surface area contributed by atoms with E-state index in [0.29, 0.717) is 42.8 Å². The van der Waals surface area contributed by atoms with Gasteiger partial charge in [0.25, 0.3) is 0 Å². The molecule has 4 rings (SSSR count). The van der Waals surface area contributed by atoms with Gasteiger partial charge in [-0.2, -0.15) is 0 Å². The summed E-state index contributed by atoms with van der Waals surface area (Å²) in [7, 11) is 1.61. The Morgan fingerprint density at radius 2 is 1.84 bits per heavy atom. The highest BCUT2D eigenvalue weighted by atomic mass is 32.1. The largest absolute Gasteiger partial charge is 0.493 e. The molecule has 38 heavy (non-hydrogen) atoms. The van der Waals surface area contributed by atoms with Crippen molar-refractivity contribution in [1.29, 1.82) is 0 Å². The molecule has 0 unspecified atom stereocenters. The first-order valence-corrected chi connectivity index (χ1v) is 14.0. The van der Waals surface area contributed by atoms with Gasteiger partial charge in [0.15, 0.2) is 11.5 Å². The molecule has 2 heterocycles. The lowest BCUT2D eigenvalue weighted by Crippen LogP contribution is -2.49. The molecule has 1 aliphatic heterocycles. The van der Waals surface area contributed by atoms with E-state index in [9.17, 15) is 9.59 Å². The van der Waals surface area contributed by atoms with Gasteiger partial charge in [0.05, 0.1) is 13.2 Å².